The van der Waals surface area contributed by atoms with Crippen LogP contribution in [0.2, 0.25) is 0 Å². The average molecular weight is 478 g/mol. The van der Waals surface area contributed by atoms with Gasteiger partial charge < -0.3 is 43.4 Å². The number of carboxylic acid groups (broad SMARTS) is 2. The summed E-state index contributed by atoms with van der Waals surface area (Å²) < 4.78 is 0. The van der Waals surface area contributed by atoms with Gasteiger partial charge in [-0.25, -0.2) is 4.79 Å². The van der Waals surface area contributed by atoms with E-state index in [-0.39, 0.29) is 18.6 Å². The molecule has 16 heteroatoms. The Kier molecular flexibility index (Phi) is 12.3. The summed E-state index contributed by atoms with van der Waals surface area (Å²) in [5, 5.41) is 24.3. The van der Waals surface area contributed by atoms with Gasteiger partial charge in [0.1, 0.15) is 18.1 Å². The van der Waals surface area contributed by atoms with Crippen LogP contribution in [0.4, 0.5) is 0 Å². The van der Waals surface area contributed by atoms with Crippen molar-refractivity contribution in [2.75, 3.05) is 5.75 Å². The number of nitrogens with two attached hydrogens (primary N) is 3. The standard InChI is InChI=1S/C16H26N6O9S/c17-6(5-32)13(27)21-9(4-12(25)26)15(29)22-8(3-11(19)24)14(28)20-7(16(30)31)1-2-10(18)23/h6-9,32H,1-5,17H2,(H2,18,23)(H2,19,24)(H,20,28)(H,21,27)(H,22,29)(H,25,26)(H,30,31). The van der Waals surface area contributed by atoms with Gasteiger partial charge in [-0.15, -0.1) is 0 Å². The lowest BCUT2D eigenvalue weighted by Crippen LogP contribution is -2.58. The molecule has 0 aromatic carbocycles. The molecule has 0 bridgehead atoms. The van der Waals surface area contributed by atoms with Gasteiger partial charge in [-0.2, -0.15) is 12.6 Å². The highest BCUT2D eigenvalue weighted by molar-refractivity contribution is 7.80. The highest BCUT2D eigenvalue weighted by atomic mass is 32.1. The van der Waals surface area contributed by atoms with Crippen LogP contribution in [-0.4, -0.2) is 81.6 Å². The van der Waals surface area contributed by atoms with E-state index in [9.17, 15) is 33.6 Å². The molecule has 4 atom stereocenters. The fourth-order valence-electron chi connectivity index (χ4n) is 2.24. The first kappa shape index (κ1) is 28.6. The second-order valence-corrected chi connectivity index (χ2v) is 6.95. The van der Waals surface area contributed by atoms with Crippen LogP contribution in [-0.2, 0) is 33.6 Å². The number of primary amides is 2. The maximum absolute atomic E-state index is 12.5. The minimum Gasteiger partial charge on any atom is -0.481 e. The summed E-state index contributed by atoms with van der Waals surface area (Å²) in [6.07, 6.45) is -2.41. The van der Waals surface area contributed by atoms with E-state index in [0.29, 0.717) is 0 Å². The molecular formula is C16H26N6O9S. The summed E-state index contributed by atoms with van der Waals surface area (Å²) in [6, 6.07) is -6.12. The zero-order valence-corrected chi connectivity index (χ0v) is 17.7. The number of aliphatic carboxylic acids is 2. The van der Waals surface area contributed by atoms with Crippen molar-refractivity contribution in [1.82, 2.24) is 16.0 Å². The maximum Gasteiger partial charge on any atom is 0.326 e. The second-order valence-electron chi connectivity index (χ2n) is 6.58. The molecule has 0 aromatic rings. The summed E-state index contributed by atoms with van der Waals surface area (Å²) in [5.74, 6) is -8.18. The van der Waals surface area contributed by atoms with Crippen molar-refractivity contribution in [1.29, 1.82) is 0 Å². The Morgan fingerprint density at radius 2 is 1.22 bits per heavy atom. The van der Waals surface area contributed by atoms with Gasteiger partial charge >= 0.3 is 11.9 Å². The molecule has 0 aliphatic carbocycles. The number of thiol groups is 1. The van der Waals surface area contributed by atoms with E-state index in [0.717, 1.165) is 0 Å². The molecule has 5 amide bonds. The van der Waals surface area contributed by atoms with Crippen molar-refractivity contribution >= 4 is 54.1 Å². The Balaban J connectivity index is 5.51. The van der Waals surface area contributed by atoms with Crippen LogP contribution in [0.5, 0.6) is 0 Å². The van der Waals surface area contributed by atoms with Gasteiger partial charge in [0.25, 0.3) is 0 Å². The molecule has 0 heterocycles. The highest BCUT2D eigenvalue weighted by Gasteiger charge is 2.32. The first-order valence-corrected chi connectivity index (χ1v) is 9.70. The number of rotatable bonds is 15. The molecule has 0 spiro atoms. The van der Waals surface area contributed by atoms with Crippen LogP contribution in [0.25, 0.3) is 0 Å². The van der Waals surface area contributed by atoms with Gasteiger partial charge in [0.05, 0.1) is 18.9 Å². The molecule has 15 nitrogen and oxygen atoms in total. The van der Waals surface area contributed by atoms with Crippen LogP contribution >= 0.6 is 12.6 Å². The minimum atomic E-state index is -1.71. The Bertz CT molecular complexity index is 762. The largest absolute Gasteiger partial charge is 0.481 e. The second kappa shape index (κ2) is 13.8. The maximum atomic E-state index is 12.5. The van der Waals surface area contributed by atoms with Crippen molar-refractivity contribution < 1.29 is 43.8 Å². The Hall–Kier alpha value is -3.40. The van der Waals surface area contributed by atoms with E-state index < -0.39 is 78.5 Å². The summed E-state index contributed by atoms with van der Waals surface area (Å²) in [6.45, 7) is 0. The summed E-state index contributed by atoms with van der Waals surface area (Å²) in [4.78, 5) is 81.3. The first-order valence-electron chi connectivity index (χ1n) is 9.07. The molecule has 0 saturated carbocycles. The van der Waals surface area contributed by atoms with Gasteiger partial charge in [0.2, 0.25) is 29.5 Å². The van der Waals surface area contributed by atoms with E-state index in [1.165, 1.54) is 0 Å². The third-order valence-electron chi connectivity index (χ3n) is 3.88. The minimum absolute atomic E-state index is 0.109. The molecule has 180 valence electrons. The molecule has 0 radical (unpaired) electrons. The quantitative estimate of drug-likeness (QED) is 0.102. The van der Waals surface area contributed by atoms with Gasteiger partial charge in [-0.1, -0.05) is 0 Å². The van der Waals surface area contributed by atoms with Crippen molar-refractivity contribution in [2.24, 2.45) is 17.2 Å². The van der Waals surface area contributed by atoms with Gasteiger partial charge in [-0.05, 0) is 6.42 Å². The third kappa shape index (κ3) is 11.1. The number of hydrogen-bond acceptors (Lipinski definition) is 9. The normalized spacial score (nSPS) is 14.2. The summed E-state index contributed by atoms with van der Waals surface area (Å²) in [7, 11) is 0. The van der Waals surface area contributed by atoms with E-state index in [2.05, 4.69) is 23.3 Å². The monoisotopic (exact) mass is 478 g/mol. The lowest BCUT2D eigenvalue weighted by Gasteiger charge is -2.24. The predicted molar refractivity (Wildman–Crippen MR) is 110 cm³/mol. The van der Waals surface area contributed by atoms with Gasteiger partial charge in [0.15, 0.2) is 0 Å². The summed E-state index contributed by atoms with van der Waals surface area (Å²) in [5.41, 5.74) is 15.5. The Labute approximate surface area is 187 Å². The number of nitrogens with one attached hydrogen (secondary N) is 3. The predicted octanol–water partition coefficient (Wildman–Crippen LogP) is -4.60. The van der Waals surface area contributed by atoms with Crippen LogP contribution < -0.4 is 33.2 Å². The Morgan fingerprint density at radius 3 is 1.62 bits per heavy atom. The molecular weight excluding hydrogens is 452 g/mol. The molecule has 11 N–H and O–H groups in total. The number of hydrogen-bond donors (Lipinski definition) is 9. The van der Waals surface area contributed by atoms with E-state index >= 15 is 0 Å². The molecule has 4 unspecified atom stereocenters. The molecule has 0 fully saturated rings. The van der Waals surface area contributed by atoms with Crippen LogP contribution in [0, 0.1) is 0 Å². The zero-order chi connectivity index (χ0) is 25.0. The Morgan fingerprint density at radius 1 is 0.750 bits per heavy atom. The van der Waals surface area contributed by atoms with Crippen molar-refractivity contribution in [3.63, 3.8) is 0 Å². The van der Waals surface area contributed by atoms with Crippen LogP contribution in [0.3, 0.4) is 0 Å². The third-order valence-corrected chi connectivity index (χ3v) is 4.27. The SMILES string of the molecule is NC(=O)CCC(NC(=O)C(CC(N)=O)NC(=O)C(CC(=O)O)NC(=O)C(N)CS)C(=O)O. The fourth-order valence-corrected chi connectivity index (χ4v) is 2.41. The van der Waals surface area contributed by atoms with E-state index in [4.69, 9.17) is 27.4 Å². The summed E-state index contributed by atoms with van der Waals surface area (Å²) >= 11 is 3.81. The molecule has 0 aliphatic rings. The van der Waals surface area contributed by atoms with Crippen molar-refractivity contribution in [3.05, 3.63) is 0 Å². The molecule has 32 heavy (non-hydrogen) atoms. The van der Waals surface area contributed by atoms with E-state index in [1.807, 2.05) is 5.32 Å². The van der Waals surface area contributed by atoms with E-state index in [1.54, 1.807) is 0 Å². The van der Waals surface area contributed by atoms with Crippen LogP contribution in [0.15, 0.2) is 0 Å². The smallest absolute Gasteiger partial charge is 0.326 e. The first-order chi connectivity index (χ1) is 14.8. The number of carboxylic acids is 2. The topological polar surface area (TPSA) is 274 Å². The number of carbonyl (C=O) groups is 7. The average Bonchev–Trinajstić information content (AvgIpc) is 2.67. The number of amides is 5. The van der Waals surface area contributed by atoms with Crippen molar-refractivity contribution in [2.45, 2.75) is 49.9 Å². The van der Waals surface area contributed by atoms with Gasteiger partial charge in [0, 0.05) is 12.2 Å². The molecule has 0 rings (SSSR count). The molecule has 0 saturated heterocycles. The number of carbonyl (C=O) groups excluding carboxylic acids is 5. The molecule has 0 aliphatic heterocycles. The zero-order valence-electron chi connectivity index (χ0n) is 16.8. The molecule has 0 aromatic heterocycles. The lowest BCUT2D eigenvalue weighted by molar-refractivity contribution is -0.143. The van der Waals surface area contributed by atoms with Gasteiger partial charge in [-0.3, -0.25) is 28.8 Å². The highest BCUT2D eigenvalue weighted by Crippen LogP contribution is 2.03. The van der Waals surface area contributed by atoms with Crippen LogP contribution in [0.1, 0.15) is 25.7 Å². The van der Waals surface area contributed by atoms with Crippen molar-refractivity contribution in [3.8, 4) is 0 Å². The fraction of sp³-hybridized carbons (Fsp3) is 0.562. The lowest BCUT2D eigenvalue weighted by atomic mass is 10.1.